The maximum Gasteiger partial charge on any atom is 0.255 e. The average molecular weight is 429 g/mol. The third-order valence-electron chi connectivity index (χ3n) is 7.59. The molecular formula is C27H25ClN2O. The van der Waals surface area contributed by atoms with Crippen LogP contribution in [0.15, 0.2) is 72.8 Å². The van der Waals surface area contributed by atoms with Crippen LogP contribution in [0.25, 0.3) is 0 Å². The van der Waals surface area contributed by atoms with Crippen molar-refractivity contribution in [3.05, 3.63) is 94.5 Å². The van der Waals surface area contributed by atoms with Crippen LogP contribution in [0.5, 0.6) is 0 Å². The van der Waals surface area contributed by atoms with Crippen molar-refractivity contribution in [2.24, 2.45) is 17.8 Å². The highest BCUT2D eigenvalue weighted by molar-refractivity contribution is 6.31. The average Bonchev–Trinajstić information content (AvgIpc) is 3.42. The molecule has 156 valence electrons. The molecule has 0 aromatic heterocycles. The number of hydrogen-bond donors (Lipinski definition) is 2. The molecule has 1 aliphatic heterocycles. The van der Waals surface area contributed by atoms with E-state index in [-0.39, 0.29) is 5.91 Å². The molecule has 3 aromatic carbocycles. The highest BCUT2D eigenvalue weighted by Crippen LogP contribution is 2.63. The molecule has 4 heteroatoms. The van der Waals surface area contributed by atoms with Crippen molar-refractivity contribution in [3.63, 3.8) is 0 Å². The van der Waals surface area contributed by atoms with E-state index in [1.54, 1.807) is 12.1 Å². The quantitative estimate of drug-likeness (QED) is 0.477. The molecule has 2 bridgehead atoms. The Kier molecular flexibility index (Phi) is 4.53. The second kappa shape index (κ2) is 7.42. The predicted octanol–water partition coefficient (Wildman–Crippen LogP) is 6.89. The molecule has 2 saturated carbocycles. The van der Waals surface area contributed by atoms with E-state index >= 15 is 0 Å². The molecule has 0 unspecified atom stereocenters. The van der Waals surface area contributed by atoms with Crippen molar-refractivity contribution in [3.8, 4) is 0 Å². The van der Waals surface area contributed by atoms with Gasteiger partial charge in [-0.25, -0.2) is 0 Å². The fraction of sp³-hybridized carbons (Fsp3) is 0.296. The Bertz CT molecular complexity index is 1140. The second-order valence-electron chi connectivity index (χ2n) is 9.24. The molecule has 0 saturated heterocycles. The summed E-state index contributed by atoms with van der Waals surface area (Å²) in [6.45, 7) is 0. The molecule has 2 fully saturated rings. The third kappa shape index (κ3) is 3.23. The van der Waals surface area contributed by atoms with Crippen LogP contribution >= 0.6 is 11.6 Å². The number of rotatable bonds is 3. The maximum absolute atomic E-state index is 13.0. The highest BCUT2D eigenvalue weighted by Gasteiger charge is 2.53. The Balaban J connectivity index is 1.35. The van der Waals surface area contributed by atoms with E-state index < -0.39 is 0 Å². The third-order valence-corrected chi connectivity index (χ3v) is 7.83. The minimum atomic E-state index is -0.0880. The van der Waals surface area contributed by atoms with Gasteiger partial charge in [-0.2, -0.15) is 0 Å². The summed E-state index contributed by atoms with van der Waals surface area (Å²) in [5.74, 6) is 2.53. The number of amides is 1. The van der Waals surface area contributed by atoms with Gasteiger partial charge < -0.3 is 10.6 Å². The molecule has 5 atom stereocenters. The summed E-state index contributed by atoms with van der Waals surface area (Å²) in [6.07, 6.45) is 3.96. The predicted molar refractivity (Wildman–Crippen MR) is 126 cm³/mol. The normalized spacial score (nSPS) is 27.8. The van der Waals surface area contributed by atoms with Crippen LogP contribution in [0.4, 0.5) is 11.4 Å². The molecule has 3 aromatic rings. The second-order valence-corrected chi connectivity index (χ2v) is 9.67. The lowest BCUT2D eigenvalue weighted by atomic mass is 9.68. The van der Waals surface area contributed by atoms with Gasteiger partial charge in [0.1, 0.15) is 0 Å². The van der Waals surface area contributed by atoms with Crippen LogP contribution in [0.1, 0.15) is 52.7 Å². The summed E-state index contributed by atoms with van der Waals surface area (Å²) in [7, 11) is 0. The standard InChI is InChI=1S/C27H25ClN2O/c28-20-7-4-8-21(15-20)29-27(31)19-11-12-23-22(14-19)24-17-9-10-18(13-17)25(24)26(30-23)16-5-2-1-3-6-16/h1-8,11-12,14-15,17-18,24-26,30H,9-10,13H2,(H,29,31)/t17-,18-,24-,25-,26+/m0/s1. The van der Waals surface area contributed by atoms with E-state index in [0.717, 1.165) is 17.5 Å². The molecular weight excluding hydrogens is 404 g/mol. The molecule has 31 heavy (non-hydrogen) atoms. The van der Waals surface area contributed by atoms with Crippen molar-refractivity contribution in [2.45, 2.75) is 31.2 Å². The van der Waals surface area contributed by atoms with Gasteiger partial charge in [-0.3, -0.25) is 4.79 Å². The number of carbonyl (C=O) groups excluding carboxylic acids is 1. The van der Waals surface area contributed by atoms with Crippen LogP contribution in [-0.2, 0) is 0 Å². The largest absolute Gasteiger partial charge is 0.378 e. The number of benzene rings is 3. The zero-order valence-electron chi connectivity index (χ0n) is 17.2. The zero-order chi connectivity index (χ0) is 20.9. The van der Waals surface area contributed by atoms with Crippen LogP contribution in [0.3, 0.4) is 0 Å². The minimum absolute atomic E-state index is 0.0880. The van der Waals surface area contributed by atoms with Crippen molar-refractivity contribution in [2.75, 3.05) is 10.6 Å². The molecule has 0 radical (unpaired) electrons. The lowest BCUT2D eigenvalue weighted by molar-refractivity contribution is 0.102. The summed E-state index contributed by atoms with van der Waals surface area (Å²) in [6, 6.07) is 24.6. The molecule has 0 spiro atoms. The summed E-state index contributed by atoms with van der Waals surface area (Å²) < 4.78 is 0. The number of hydrogen-bond acceptors (Lipinski definition) is 2. The Labute approximate surface area is 187 Å². The zero-order valence-corrected chi connectivity index (χ0v) is 18.0. The van der Waals surface area contributed by atoms with Crippen LogP contribution in [0.2, 0.25) is 5.02 Å². The Hall–Kier alpha value is -2.78. The van der Waals surface area contributed by atoms with Crippen LogP contribution in [-0.4, -0.2) is 5.91 Å². The number of nitrogens with one attached hydrogen (secondary N) is 2. The number of halogens is 1. The molecule has 3 aliphatic rings. The first-order chi connectivity index (χ1) is 15.2. The lowest BCUT2D eigenvalue weighted by Crippen LogP contribution is -2.35. The van der Waals surface area contributed by atoms with E-state index in [4.69, 9.17) is 11.6 Å². The molecule has 1 amide bonds. The van der Waals surface area contributed by atoms with Crippen molar-refractivity contribution in [1.29, 1.82) is 0 Å². The van der Waals surface area contributed by atoms with E-state index in [1.807, 2.05) is 18.2 Å². The van der Waals surface area contributed by atoms with Gasteiger partial charge in [-0.05, 0) is 90.5 Å². The van der Waals surface area contributed by atoms with E-state index in [1.165, 1.54) is 36.1 Å². The number of carbonyl (C=O) groups is 1. The maximum atomic E-state index is 13.0. The van der Waals surface area contributed by atoms with Crippen molar-refractivity contribution in [1.82, 2.24) is 0 Å². The van der Waals surface area contributed by atoms with Crippen molar-refractivity contribution >= 4 is 28.9 Å². The summed E-state index contributed by atoms with van der Waals surface area (Å²) in [4.78, 5) is 13.0. The van der Waals surface area contributed by atoms with Gasteiger partial charge in [-0.15, -0.1) is 0 Å². The summed E-state index contributed by atoms with van der Waals surface area (Å²) >= 11 is 6.07. The van der Waals surface area contributed by atoms with E-state index in [2.05, 4.69) is 53.1 Å². The van der Waals surface area contributed by atoms with Crippen LogP contribution in [0, 0.1) is 17.8 Å². The van der Waals surface area contributed by atoms with Gasteiger partial charge in [0.05, 0.1) is 6.04 Å². The Morgan fingerprint density at radius 3 is 2.61 bits per heavy atom. The van der Waals surface area contributed by atoms with Gasteiger partial charge in [0.2, 0.25) is 0 Å². The van der Waals surface area contributed by atoms with Crippen LogP contribution < -0.4 is 10.6 Å². The Morgan fingerprint density at radius 2 is 1.77 bits per heavy atom. The minimum Gasteiger partial charge on any atom is -0.378 e. The fourth-order valence-corrected chi connectivity index (χ4v) is 6.58. The topological polar surface area (TPSA) is 41.1 Å². The summed E-state index contributed by atoms with van der Waals surface area (Å²) in [5, 5.41) is 7.45. The van der Waals surface area contributed by atoms with E-state index in [0.29, 0.717) is 28.5 Å². The molecule has 6 rings (SSSR count). The smallest absolute Gasteiger partial charge is 0.255 e. The first-order valence-electron chi connectivity index (χ1n) is 11.2. The molecule has 2 aliphatic carbocycles. The fourth-order valence-electron chi connectivity index (χ4n) is 6.39. The Morgan fingerprint density at radius 1 is 0.935 bits per heavy atom. The molecule has 3 nitrogen and oxygen atoms in total. The van der Waals surface area contributed by atoms with E-state index in [9.17, 15) is 4.79 Å². The summed E-state index contributed by atoms with van der Waals surface area (Å²) in [5.41, 5.74) is 5.30. The SMILES string of the molecule is O=C(Nc1cccc(Cl)c1)c1ccc2c(c1)[C@@H]1[C@H]3CC[C@@H](C3)[C@@H]1[C@@H](c1ccccc1)N2. The monoisotopic (exact) mass is 428 g/mol. The first-order valence-corrected chi connectivity index (χ1v) is 11.6. The number of fused-ring (bicyclic) bond motifs is 7. The van der Waals surface area contributed by atoms with Gasteiger partial charge in [0.15, 0.2) is 0 Å². The molecule has 2 N–H and O–H groups in total. The highest BCUT2D eigenvalue weighted by atomic mass is 35.5. The van der Waals surface area contributed by atoms with Gasteiger partial charge >= 0.3 is 0 Å². The lowest BCUT2D eigenvalue weighted by Gasteiger charge is -2.43. The number of anilines is 2. The van der Waals surface area contributed by atoms with Gasteiger partial charge in [0, 0.05) is 22.0 Å². The molecule has 1 heterocycles. The van der Waals surface area contributed by atoms with Gasteiger partial charge in [-0.1, -0.05) is 48.0 Å². The van der Waals surface area contributed by atoms with Crippen molar-refractivity contribution < 1.29 is 4.79 Å². The van der Waals surface area contributed by atoms with Gasteiger partial charge in [0.25, 0.3) is 5.91 Å². The first kappa shape index (κ1) is 18.9.